The molecule has 128 valence electrons. The Morgan fingerprint density at radius 1 is 1.25 bits per heavy atom. The van der Waals surface area contributed by atoms with Crippen molar-refractivity contribution >= 4 is 5.96 Å². The maximum absolute atomic E-state index is 4.34. The fraction of sp³-hybridized carbons (Fsp3) is 0.474. The van der Waals surface area contributed by atoms with Gasteiger partial charge in [0, 0.05) is 38.8 Å². The van der Waals surface area contributed by atoms with E-state index in [1.165, 1.54) is 24.0 Å². The second-order valence-electron chi connectivity index (χ2n) is 6.62. The largest absolute Gasteiger partial charge is 0.356 e. The van der Waals surface area contributed by atoms with Crippen LogP contribution in [0.5, 0.6) is 0 Å². The Balaban J connectivity index is 1.41. The van der Waals surface area contributed by atoms with Crippen LogP contribution in [-0.4, -0.2) is 35.9 Å². The fourth-order valence-electron chi connectivity index (χ4n) is 3.08. The average molecular weight is 325 g/mol. The predicted molar refractivity (Wildman–Crippen MR) is 98.2 cm³/mol. The van der Waals surface area contributed by atoms with Gasteiger partial charge in [0.05, 0.1) is 6.20 Å². The van der Waals surface area contributed by atoms with Crippen molar-refractivity contribution in [2.24, 2.45) is 12.0 Å². The molecule has 0 bridgehead atoms. The molecule has 1 fully saturated rings. The number of rotatable bonds is 7. The molecule has 24 heavy (non-hydrogen) atoms. The molecule has 0 amide bonds. The maximum atomic E-state index is 4.34. The Morgan fingerprint density at radius 2 is 2.04 bits per heavy atom. The van der Waals surface area contributed by atoms with E-state index in [1.54, 1.807) is 0 Å². The lowest BCUT2D eigenvalue weighted by molar-refractivity contribution is 0.642. The number of aromatic nitrogens is 2. The van der Waals surface area contributed by atoms with Gasteiger partial charge in [-0.2, -0.15) is 5.10 Å². The van der Waals surface area contributed by atoms with E-state index in [4.69, 9.17) is 0 Å². The van der Waals surface area contributed by atoms with E-state index in [9.17, 15) is 0 Å². The third-order valence-corrected chi connectivity index (χ3v) is 4.75. The summed E-state index contributed by atoms with van der Waals surface area (Å²) in [6.07, 6.45) is 8.61. The van der Waals surface area contributed by atoms with E-state index in [0.717, 1.165) is 31.9 Å². The van der Waals surface area contributed by atoms with Crippen LogP contribution in [0.15, 0.2) is 47.7 Å². The molecule has 2 aromatic rings. The van der Waals surface area contributed by atoms with E-state index in [1.807, 2.05) is 25.0 Å². The van der Waals surface area contributed by atoms with Gasteiger partial charge < -0.3 is 10.6 Å². The van der Waals surface area contributed by atoms with Crippen LogP contribution in [0.3, 0.4) is 0 Å². The molecular weight excluding hydrogens is 298 g/mol. The molecular formula is C19H27N5. The van der Waals surface area contributed by atoms with Crippen molar-refractivity contribution in [3.05, 3.63) is 53.9 Å². The third kappa shape index (κ3) is 4.16. The highest BCUT2D eigenvalue weighted by atomic mass is 15.2. The summed E-state index contributed by atoms with van der Waals surface area (Å²) >= 11 is 0. The summed E-state index contributed by atoms with van der Waals surface area (Å²) in [7, 11) is 3.78. The van der Waals surface area contributed by atoms with Gasteiger partial charge in [-0.1, -0.05) is 30.3 Å². The topological polar surface area (TPSA) is 54.2 Å². The minimum absolute atomic E-state index is 0.300. The molecule has 1 aromatic carbocycles. The van der Waals surface area contributed by atoms with Crippen LogP contribution < -0.4 is 10.6 Å². The van der Waals surface area contributed by atoms with Gasteiger partial charge in [-0.25, -0.2) is 0 Å². The molecule has 1 aliphatic carbocycles. The molecule has 0 atom stereocenters. The van der Waals surface area contributed by atoms with Crippen LogP contribution in [0.2, 0.25) is 0 Å². The van der Waals surface area contributed by atoms with E-state index >= 15 is 0 Å². The predicted octanol–water partition coefficient (Wildman–Crippen LogP) is 2.25. The summed E-state index contributed by atoms with van der Waals surface area (Å²) in [6.45, 7) is 1.85. The van der Waals surface area contributed by atoms with Crippen LogP contribution in [0, 0.1) is 0 Å². The molecule has 5 nitrogen and oxygen atoms in total. The first-order valence-corrected chi connectivity index (χ1v) is 8.69. The summed E-state index contributed by atoms with van der Waals surface area (Å²) in [6, 6.07) is 10.8. The van der Waals surface area contributed by atoms with Crippen LogP contribution in [0.25, 0.3) is 0 Å². The number of nitrogens with one attached hydrogen (secondary N) is 2. The zero-order valence-electron chi connectivity index (χ0n) is 14.6. The van der Waals surface area contributed by atoms with Gasteiger partial charge in [0.1, 0.15) is 0 Å². The van der Waals surface area contributed by atoms with E-state index in [-0.39, 0.29) is 0 Å². The zero-order chi connectivity index (χ0) is 16.8. The molecule has 2 N–H and O–H groups in total. The Morgan fingerprint density at radius 3 is 2.67 bits per heavy atom. The number of benzene rings is 1. The summed E-state index contributed by atoms with van der Waals surface area (Å²) < 4.78 is 1.85. The smallest absolute Gasteiger partial charge is 0.191 e. The van der Waals surface area contributed by atoms with Crippen molar-refractivity contribution in [1.29, 1.82) is 0 Å². The minimum atomic E-state index is 0.300. The van der Waals surface area contributed by atoms with E-state index in [0.29, 0.717) is 5.41 Å². The van der Waals surface area contributed by atoms with Crippen molar-refractivity contribution < 1.29 is 0 Å². The summed E-state index contributed by atoms with van der Waals surface area (Å²) in [4.78, 5) is 4.34. The van der Waals surface area contributed by atoms with Gasteiger partial charge in [-0.15, -0.1) is 0 Å². The molecule has 0 unspecified atom stereocenters. The fourth-order valence-corrected chi connectivity index (χ4v) is 3.08. The highest BCUT2D eigenvalue weighted by Crippen LogP contribution is 2.47. The number of hydrogen-bond acceptors (Lipinski definition) is 2. The minimum Gasteiger partial charge on any atom is -0.356 e. The molecule has 3 rings (SSSR count). The van der Waals surface area contributed by atoms with Crippen LogP contribution >= 0.6 is 0 Å². The lowest BCUT2D eigenvalue weighted by Gasteiger charge is -2.19. The SMILES string of the molecule is CN=C(NCCCc1cnn(C)c1)NCC1(c2ccccc2)CC1. The first-order chi connectivity index (χ1) is 11.7. The molecule has 1 aliphatic rings. The number of aryl methyl sites for hydroxylation is 2. The molecule has 0 aliphatic heterocycles. The Labute approximate surface area is 144 Å². The van der Waals surface area contributed by atoms with Gasteiger partial charge in [-0.3, -0.25) is 9.67 Å². The van der Waals surface area contributed by atoms with Crippen LogP contribution in [-0.2, 0) is 18.9 Å². The van der Waals surface area contributed by atoms with Crippen molar-refractivity contribution in [2.75, 3.05) is 20.1 Å². The van der Waals surface area contributed by atoms with Gasteiger partial charge in [-0.05, 0) is 36.8 Å². The third-order valence-electron chi connectivity index (χ3n) is 4.75. The molecule has 0 spiro atoms. The highest BCUT2D eigenvalue weighted by Gasteiger charge is 2.43. The molecule has 1 saturated carbocycles. The van der Waals surface area contributed by atoms with Crippen LogP contribution in [0.1, 0.15) is 30.4 Å². The first-order valence-electron chi connectivity index (χ1n) is 8.69. The average Bonchev–Trinajstić information content (AvgIpc) is 3.30. The first kappa shape index (κ1) is 16.6. The van der Waals surface area contributed by atoms with Gasteiger partial charge in [0.15, 0.2) is 5.96 Å². The Hall–Kier alpha value is -2.30. The van der Waals surface area contributed by atoms with Crippen LogP contribution in [0.4, 0.5) is 0 Å². The van der Waals surface area contributed by atoms with Crippen molar-refractivity contribution in [1.82, 2.24) is 20.4 Å². The Bertz CT molecular complexity index is 670. The number of aliphatic imine (C=N–C) groups is 1. The quantitative estimate of drug-likeness (QED) is 0.466. The lowest BCUT2D eigenvalue weighted by atomic mass is 9.96. The lowest BCUT2D eigenvalue weighted by Crippen LogP contribution is -2.41. The molecule has 0 saturated heterocycles. The second-order valence-corrected chi connectivity index (χ2v) is 6.62. The van der Waals surface area contributed by atoms with E-state index < -0.39 is 0 Å². The Kier molecular flexibility index (Phi) is 5.18. The molecule has 1 heterocycles. The maximum Gasteiger partial charge on any atom is 0.191 e. The second kappa shape index (κ2) is 7.51. The number of hydrogen-bond donors (Lipinski definition) is 2. The van der Waals surface area contributed by atoms with E-state index in [2.05, 4.69) is 57.3 Å². The standard InChI is InChI=1S/C19H27N5/c1-20-18(21-12-6-7-16-13-23-24(2)14-16)22-15-19(10-11-19)17-8-4-3-5-9-17/h3-5,8-9,13-14H,6-7,10-12,15H2,1-2H3,(H2,20,21,22). The summed E-state index contributed by atoms with van der Waals surface area (Å²) in [5.41, 5.74) is 3.02. The summed E-state index contributed by atoms with van der Waals surface area (Å²) in [5, 5.41) is 11.1. The summed E-state index contributed by atoms with van der Waals surface area (Å²) in [5.74, 6) is 0.892. The van der Waals surface area contributed by atoms with Gasteiger partial charge >= 0.3 is 0 Å². The van der Waals surface area contributed by atoms with Crippen molar-refractivity contribution in [3.63, 3.8) is 0 Å². The van der Waals surface area contributed by atoms with Crippen molar-refractivity contribution in [2.45, 2.75) is 31.1 Å². The normalized spacial score (nSPS) is 16.0. The molecule has 1 aromatic heterocycles. The highest BCUT2D eigenvalue weighted by molar-refractivity contribution is 5.79. The number of guanidine groups is 1. The molecule has 0 radical (unpaired) electrons. The van der Waals surface area contributed by atoms with Crippen molar-refractivity contribution in [3.8, 4) is 0 Å². The monoisotopic (exact) mass is 325 g/mol. The van der Waals surface area contributed by atoms with Gasteiger partial charge in [0.25, 0.3) is 0 Å². The zero-order valence-corrected chi connectivity index (χ0v) is 14.6. The molecule has 5 heteroatoms. The van der Waals surface area contributed by atoms with Gasteiger partial charge in [0.2, 0.25) is 0 Å². The number of nitrogens with zero attached hydrogens (tertiary/aromatic N) is 3.